The Kier molecular flexibility index (Phi) is 8.74. The van der Waals surface area contributed by atoms with Crippen LogP contribution in [-0.4, -0.2) is 21.2 Å². The van der Waals surface area contributed by atoms with Crippen molar-refractivity contribution in [1.29, 1.82) is 0 Å². The third-order valence-electron chi connectivity index (χ3n) is 1.53. The summed E-state index contributed by atoms with van der Waals surface area (Å²) in [5, 5.41) is 2.80. The summed E-state index contributed by atoms with van der Waals surface area (Å²) in [6.45, 7) is 9.36. The number of carbonyl (C=O) groups is 1. The Labute approximate surface area is 84.8 Å². The first-order valence-corrected chi connectivity index (χ1v) is 5.42. The van der Waals surface area contributed by atoms with Gasteiger partial charge in [-0.15, -0.1) is 0 Å². The molecule has 1 amide bonds. The minimum absolute atomic E-state index is 0.105. The second kappa shape index (κ2) is 7.74. The molecule has 6 heteroatoms. The maximum absolute atomic E-state index is 10.8. The highest BCUT2D eigenvalue weighted by Crippen LogP contribution is 2.05. The lowest BCUT2D eigenvalue weighted by Gasteiger charge is -2.23. The molecule has 0 saturated heterocycles. The monoisotopic (exact) mass is 223 g/mol. The molecule has 0 rings (SSSR count). The van der Waals surface area contributed by atoms with Crippen LogP contribution >= 0.6 is 8.25 Å². The fourth-order valence-electron chi connectivity index (χ4n) is 0.473. The highest BCUT2D eigenvalue weighted by Gasteiger charge is 2.15. The lowest BCUT2D eigenvalue weighted by Crippen LogP contribution is -2.41. The molecule has 5 nitrogen and oxygen atoms in total. The van der Waals surface area contributed by atoms with Crippen LogP contribution in [0, 0.1) is 0 Å². The van der Waals surface area contributed by atoms with E-state index in [1.54, 1.807) is 0 Å². The first-order valence-electron chi connectivity index (χ1n) is 4.11. The van der Waals surface area contributed by atoms with E-state index in [1.165, 1.54) is 6.08 Å². The lowest BCUT2D eigenvalue weighted by atomic mass is 10.0. The van der Waals surface area contributed by atoms with Crippen molar-refractivity contribution in [2.45, 2.75) is 32.7 Å². The van der Waals surface area contributed by atoms with Crippen LogP contribution in [0.15, 0.2) is 12.7 Å². The van der Waals surface area contributed by atoms with E-state index in [-0.39, 0.29) is 11.4 Å². The van der Waals surface area contributed by atoms with Crippen LogP contribution in [0.25, 0.3) is 0 Å². The molecule has 14 heavy (non-hydrogen) atoms. The summed E-state index contributed by atoms with van der Waals surface area (Å²) in [4.78, 5) is 25.1. The van der Waals surface area contributed by atoms with Crippen LogP contribution in [0.4, 0.5) is 0 Å². The molecule has 0 aromatic heterocycles. The van der Waals surface area contributed by atoms with Crippen LogP contribution in [0.2, 0.25) is 0 Å². The fourth-order valence-corrected chi connectivity index (χ4v) is 0.473. The average Bonchev–Trinajstić information content (AvgIpc) is 2.02. The standard InChI is InChI=1S/C8H15NO.H3O3P/c1-5-7(10)9-8(3,4)6-2;1-4(2)3/h5H,1,6H2,2-4H3,(H,9,10);4H,(H2,1,2,3). The highest BCUT2D eigenvalue weighted by atomic mass is 31.1. The molecule has 0 bridgehead atoms. The van der Waals surface area contributed by atoms with Crippen molar-refractivity contribution < 1.29 is 19.1 Å². The average molecular weight is 223 g/mol. The Bertz CT molecular complexity index is 211. The largest absolute Gasteiger partial charge is 0.348 e. The third-order valence-corrected chi connectivity index (χ3v) is 1.53. The van der Waals surface area contributed by atoms with Gasteiger partial charge in [-0.1, -0.05) is 13.5 Å². The summed E-state index contributed by atoms with van der Waals surface area (Å²) < 4.78 is 8.74. The molecule has 0 aromatic rings. The Hall–Kier alpha value is -0.640. The zero-order valence-corrected chi connectivity index (χ0v) is 9.70. The number of rotatable bonds is 3. The number of amides is 1. The Morgan fingerprint density at radius 3 is 2.14 bits per heavy atom. The molecule has 0 aliphatic carbocycles. The van der Waals surface area contributed by atoms with Gasteiger partial charge in [0.25, 0.3) is 0 Å². The lowest BCUT2D eigenvalue weighted by molar-refractivity contribution is -0.118. The van der Waals surface area contributed by atoms with Gasteiger partial charge < -0.3 is 15.1 Å². The summed E-state index contributed by atoms with van der Waals surface area (Å²) in [6.07, 6.45) is 2.21. The van der Waals surface area contributed by atoms with Crippen LogP contribution < -0.4 is 5.32 Å². The van der Waals surface area contributed by atoms with Gasteiger partial charge in [-0.25, -0.2) is 0 Å². The molecule has 0 spiro atoms. The summed E-state index contributed by atoms with van der Waals surface area (Å²) in [7, 11) is -3.13. The van der Waals surface area contributed by atoms with Crippen molar-refractivity contribution in [1.82, 2.24) is 5.32 Å². The molecule has 84 valence electrons. The van der Waals surface area contributed by atoms with Crippen molar-refractivity contribution in [3.05, 3.63) is 12.7 Å². The summed E-state index contributed by atoms with van der Waals surface area (Å²) in [6, 6.07) is 0. The van der Waals surface area contributed by atoms with Gasteiger partial charge in [-0.3, -0.25) is 9.36 Å². The van der Waals surface area contributed by atoms with E-state index in [9.17, 15) is 4.79 Å². The highest BCUT2D eigenvalue weighted by molar-refractivity contribution is 7.30. The number of carbonyl (C=O) groups excluding carboxylic acids is 1. The van der Waals surface area contributed by atoms with Crippen LogP contribution in [0.3, 0.4) is 0 Å². The van der Waals surface area contributed by atoms with Gasteiger partial charge in [0.15, 0.2) is 0 Å². The normalized spacial score (nSPS) is 10.1. The third kappa shape index (κ3) is 13.9. The van der Waals surface area contributed by atoms with Crippen molar-refractivity contribution >= 4 is 14.2 Å². The van der Waals surface area contributed by atoms with E-state index in [0.29, 0.717) is 0 Å². The maximum atomic E-state index is 10.8. The van der Waals surface area contributed by atoms with Crippen molar-refractivity contribution in [3.63, 3.8) is 0 Å². The molecule has 0 heterocycles. The van der Waals surface area contributed by atoms with E-state index < -0.39 is 8.25 Å². The zero-order chi connectivity index (χ0) is 11.8. The van der Waals surface area contributed by atoms with Gasteiger partial charge in [-0.05, 0) is 26.3 Å². The van der Waals surface area contributed by atoms with Crippen molar-refractivity contribution in [2.75, 3.05) is 0 Å². The minimum Gasteiger partial charge on any atom is -0.348 e. The molecule has 0 aromatic carbocycles. The van der Waals surface area contributed by atoms with Crippen LogP contribution in [0.1, 0.15) is 27.2 Å². The number of hydrogen-bond donors (Lipinski definition) is 3. The van der Waals surface area contributed by atoms with Gasteiger partial charge in [-0.2, -0.15) is 0 Å². The molecule has 0 radical (unpaired) electrons. The van der Waals surface area contributed by atoms with E-state index >= 15 is 0 Å². The van der Waals surface area contributed by atoms with E-state index in [0.717, 1.165) is 6.42 Å². The predicted molar refractivity (Wildman–Crippen MR) is 56.1 cm³/mol. The van der Waals surface area contributed by atoms with Crippen LogP contribution in [-0.2, 0) is 9.36 Å². The Balaban J connectivity index is 0. The first-order chi connectivity index (χ1) is 6.25. The maximum Gasteiger partial charge on any atom is 0.314 e. The number of nitrogens with one attached hydrogen (secondary N) is 1. The molecular formula is C8H18NO4P. The second-order valence-corrected chi connectivity index (χ2v) is 3.78. The van der Waals surface area contributed by atoms with Gasteiger partial charge in [0, 0.05) is 5.54 Å². The molecule has 0 aliphatic heterocycles. The van der Waals surface area contributed by atoms with E-state index in [2.05, 4.69) is 11.9 Å². The Morgan fingerprint density at radius 2 is 1.93 bits per heavy atom. The van der Waals surface area contributed by atoms with Gasteiger partial charge in [0.1, 0.15) is 0 Å². The van der Waals surface area contributed by atoms with Crippen molar-refractivity contribution in [2.24, 2.45) is 0 Å². The quantitative estimate of drug-likeness (QED) is 0.488. The van der Waals surface area contributed by atoms with Gasteiger partial charge in [0.05, 0.1) is 0 Å². The van der Waals surface area contributed by atoms with Gasteiger partial charge in [0.2, 0.25) is 5.91 Å². The van der Waals surface area contributed by atoms with E-state index in [1.807, 2.05) is 20.8 Å². The van der Waals surface area contributed by atoms with Crippen LogP contribution in [0.5, 0.6) is 0 Å². The minimum atomic E-state index is -3.13. The molecular weight excluding hydrogens is 205 g/mol. The molecule has 0 saturated carbocycles. The second-order valence-electron chi connectivity index (χ2n) is 3.21. The smallest absolute Gasteiger partial charge is 0.314 e. The molecule has 0 aliphatic rings. The molecule has 0 unspecified atom stereocenters. The van der Waals surface area contributed by atoms with Crippen molar-refractivity contribution in [3.8, 4) is 0 Å². The number of hydrogen-bond acceptors (Lipinski definition) is 2. The topological polar surface area (TPSA) is 86.6 Å². The molecule has 0 fully saturated rings. The summed E-state index contributed by atoms with van der Waals surface area (Å²) in [5.41, 5.74) is -0.106. The summed E-state index contributed by atoms with van der Waals surface area (Å²) in [5.74, 6) is -0.105. The molecule has 3 N–H and O–H groups in total. The van der Waals surface area contributed by atoms with E-state index in [4.69, 9.17) is 14.4 Å². The zero-order valence-electron chi connectivity index (χ0n) is 8.70. The SMILES string of the molecule is C=CC(=O)NC(C)(C)CC.O=[PH](O)O. The predicted octanol–water partition coefficient (Wildman–Crippen LogP) is 0.838. The van der Waals surface area contributed by atoms with Gasteiger partial charge >= 0.3 is 8.25 Å². The fraction of sp³-hybridized carbons (Fsp3) is 0.625. The summed E-state index contributed by atoms with van der Waals surface area (Å²) >= 11 is 0. The Morgan fingerprint density at radius 1 is 1.57 bits per heavy atom. The first kappa shape index (κ1) is 15.8. The molecule has 0 atom stereocenters.